The highest BCUT2D eigenvalue weighted by atomic mass is 19.4. The number of halogens is 3. The van der Waals surface area contributed by atoms with Crippen LogP contribution in [0, 0.1) is 0 Å². The molecule has 0 spiro atoms. The predicted octanol–water partition coefficient (Wildman–Crippen LogP) is 2.70. The number of hydrogen-bond donors (Lipinski definition) is 2. The monoisotopic (exact) mass is 299 g/mol. The van der Waals surface area contributed by atoms with Crippen molar-refractivity contribution in [3.8, 4) is 0 Å². The number of nitrogens with one attached hydrogen (secondary N) is 1. The summed E-state index contributed by atoms with van der Waals surface area (Å²) in [6.45, 7) is 0. The fourth-order valence-electron chi connectivity index (χ4n) is 1.76. The largest absolute Gasteiger partial charge is 0.478 e. The highest BCUT2D eigenvalue weighted by molar-refractivity contribution is 5.96. The van der Waals surface area contributed by atoms with E-state index in [9.17, 15) is 22.8 Å². The van der Waals surface area contributed by atoms with Crippen molar-refractivity contribution in [1.82, 2.24) is 5.32 Å². The second kappa shape index (κ2) is 5.59. The first kappa shape index (κ1) is 15.1. The van der Waals surface area contributed by atoms with Crippen molar-refractivity contribution in [2.24, 2.45) is 0 Å². The smallest absolute Gasteiger partial charge is 0.417 e. The Hall–Kier alpha value is -2.31. The fourth-order valence-corrected chi connectivity index (χ4v) is 1.76. The Bertz CT molecular complexity index is 604. The minimum atomic E-state index is -4.69. The molecular weight excluding hydrogens is 287 g/mol. The molecule has 1 aliphatic rings. The van der Waals surface area contributed by atoms with Crippen LogP contribution in [0.4, 0.5) is 13.2 Å². The second-order valence-electron chi connectivity index (χ2n) is 4.72. The number of carboxylic acids is 1. The molecular formula is C14H12F3NO3. The van der Waals surface area contributed by atoms with Crippen molar-refractivity contribution < 1.29 is 27.9 Å². The maximum atomic E-state index is 13.0. The van der Waals surface area contributed by atoms with E-state index in [0.717, 1.165) is 37.1 Å². The lowest BCUT2D eigenvalue weighted by Crippen LogP contribution is -2.28. The van der Waals surface area contributed by atoms with Gasteiger partial charge in [-0.2, -0.15) is 13.2 Å². The van der Waals surface area contributed by atoms with Crippen molar-refractivity contribution in [1.29, 1.82) is 0 Å². The van der Waals surface area contributed by atoms with Gasteiger partial charge in [-0.3, -0.25) is 4.79 Å². The average Bonchev–Trinajstić information content (AvgIpc) is 3.18. The molecule has 2 rings (SSSR count). The number of carbonyl (C=O) groups excluding carboxylic acids is 1. The summed E-state index contributed by atoms with van der Waals surface area (Å²) in [7, 11) is 0. The number of aliphatic carboxylic acids is 1. The number of rotatable bonds is 4. The van der Waals surface area contributed by atoms with Gasteiger partial charge in [-0.05, 0) is 36.6 Å². The third-order valence-electron chi connectivity index (χ3n) is 2.92. The van der Waals surface area contributed by atoms with E-state index in [-0.39, 0.29) is 11.6 Å². The van der Waals surface area contributed by atoms with E-state index in [4.69, 9.17) is 5.11 Å². The lowest BCUT2D eigenvalue weighted by Gasteiger charge is -2.13. The Morgan fingerprint density at radius 3 is 2.48 bits per heavy atom. The van der Waals surface area contributed by atoms with Crippen molar-refractivity contribution in [2.45, 2.75) is 25.1 Å². The molecule has 2 N–H and O–H groups in total. The molecule has 1 saturated carbocycles. The summed E-state index contributed by atoms with van der Waals surface area (Å²) in [5.41, 5.74) is -1.47. The molecule has 1 aliphatic carbocycles. The zero-order valence-electron chi connectivity index (χ0n) is 10.8. The third-order valence-corrected chi connectivity index (χ3v) is 2.92. The topological polar surface area (TPSA) is 66.4 Å². The van der Waals surface area contributed by atoms with Crippen LogP contribution in [0.15, 0.2) is 24.3 Å². The highest BCUT2D eigenvalue weighted by Gasteiger charge is 2.36. The Labute approximate surface area is 118 Å². The molecule has 0 unspecified atom stereocenters. The van der Waals surface area contributed by atoms with Gasteiger partial charge in [0.25, 0.3) is 5.91 Å². The fraction of sp³-hybridized carbons (Fsp3) is 0.286. The highest BCUT2D eigenvalue weighted by Crippen LogP contribution is 2.33. The summed E-state index contributed by atoms with van der Waals surface area (Å²) >= 11 is 0. The lowest BCUT2D eigenvalue weighted by molar-refractivity contribution is -0.138. The van der Waals surface area contributed by atoms with Gasteiger partial charge in [0.05, 0.1) is 11.1 Å². The van der Waals surface area contributed by atoms with Gasteiger partial charge >= 0.3 is 12.1 Å². The van der Waals surface area contributed by atoms with Crippen molar-refractivity contribution in [2.75, 3.05) is 0 Å². The van der Waals surface area contributed by atoms with Gasteiger partial charge in [-0.1, -0.05) is 6.07 Å². The minimum absolute atomic E-state index is 0.0508. The summed E-state index contributed by atoms with van der Waals surface area (Å²) in [4.78, 5) is 22.2. The molecule has 1 aromatic carbocycles. The summed E-state index contributed by atoms with van der Waals surface area (Å²) in [6.07, 6.45) is -1.37. The van der Waals surface area contributed by atoms with Gasteiger partial charge in [-0.25, -0.2) is 4.79 Å². The Balaban J connectivity index is 2.35. The zero-order chi connectivity index (χ0) is 15.6. The minimum Gasteiger partial charge on any atom is -0.478 e. The Kier molecular flexibility index (Phi) is 4.02. The second-order valence-corrected chi connectivity index (χ2v) is 4.72. The molecule has 112 valence electrons. The third kappa shape index (κ3) is 4.08. The van der Waals surface area contributed by atoms with E-state index in [1.165, 1.54) is 6.07 Å². The first-order valence-corrected chi connectivity index (χ1v) is 6.20. The van der Waals surface area contributed by atoms with Gasteiger partial charge in [0.1, 0.15) is 0 Å². The number of hydrogen-bond acceptors (Lipinski definition) is 2. The van der Waals surface area contributed by atoms with Crippen LogP contribution in [-0.2, 0) is 11.0 Å². The molecule has 1 amide bonds. The molecule has 1 aromatic rings. The van der Waals surface area contributed by atoms with E-state index in [2.05, 4.69) is 5.32 Å². The van der Waals surface area contributed by atoms with Gasteiger partial charge in [0.2, 0.25) is 0 Å². The number of alkyl halides is 3. The van der Waals surface area contributed by atoms with Crippen molar-refractivity contribution >= 4 is 18.0 Å². The molecule has 4 nitrogen and oxygen atoms in total. The number of benzene rings is 1. The Morgan fingerprint density at radius 2 is 1.95 bits per heavy atom. The standard InChI is InChI=1S/C14H12F3NO3/c15-14(16,17)11-7-8(2-6-12(19)20)1-5-10(11)13(21)18-9-3-4-9/h1-2,5-7,9H,3-4H2,(H,18,21)(H,19,20)/b6-2+. The summed E-state index contributed by atoms with van der Waals surface area (Å²) in [5.74, 6) is -2.03. The van der Waals surface area contributed by atoms with Crippen LogP contribution in [-0.4, -0.2) is 23.0 Å². The molecule has 0 radical (unpaired) electrons. The van der Waals surface area contributed by atoms with Crippen LogP contribution in [0.25, 0.3) is 6.08 Å². The summed E-state index contributed by atoms with van der Waals surface area (Å²) < 4.78 is 39.1. The van der Waals surface area contributed by atoms with Crippen LogP contribution in [0.1, 0.15) is 34.3 Å². The van der Waals surface area contributed by atoms with E-state index in [1.807, 2.05) is 0 Å². The molecule has 0 bridgehead atoms. The quantitative estimate of drug-likeness (QED) is 0.840. The first-order valence-electron chi connectivity index (χ1n) is 6.20. The van der Waals surface area contributed by atoms with Crippen LogP contribution < -0.4 is 5.32 Å². The zero-order valence-corrected chi connectivity index (χ0v) is 10.8. The maximum absolute atomic E-state index is 13.0. The van der Waals surface area contributed by atoms with Crippen LogP contribution in [0.5, 0.6) is 0 Å². The molecule has 0 aliphatic heterocycles. The summed E-state index contributed by atoms with van der Waals surface area (Å²) in [5, 5.41) is 11.0. The van der Waals surface area contributed by atoms with E-state index < -0.39 is 29.2 Å². The van der Waals surface area contributed by atoms with Gasteiger partial charge in [-0.15, -0.1) is 0 Å². The van der Waals surface area contributed by atoms with Gasteiger partial charge < -0.3 is 10.4 Å². The summed E-state index contributed by atoms with van der Waals surface area (Å²) in [6, 6.07) is 3.05. The van der Waals surface area contributed by atoms with E-state index in [1.54, 1.807) is 0 Å². The van der Waals surface area contributed by atoms with Crippen molar-refractivity contribution in [3.63, 3.8) is 0 Å². The van der Waals surface area contributed by atoms with E-state index >= 15 is 0 Å². The van der Waals surface area contributed by atoms with Gasteiger partial charge in [0, 0.05) is 12.1 Å². The normalized spacial score (nSPS) is 15.2. The van der Waals surface area contributed by atoms with E-state index in [0.29, 0.717) is 0 Å². The predicted molar refractivity (Wildman–Crippen MR) is 68.6 cm³/mol. The Morgan fingerprint density at radius 1 is 1.29 bits per heavy atom. The lowest BCUT2D eigenvalue weighted by atomic mass is 10.0. The average molecular weight is 299 g/mol. The molecule has 7 heteroatoms. The molecule has 0 atom stereocenters. The van der Waals surface area contributed by atoms with Crippen molar-refractivity contribution in [3.05, 3.63) is 41.0 Å². The number of amides is 1. The number of carboxylic acid groups (broad SMARTS) is 1. The SMILES string of the molecule is O=C(O)/C=C/c1ccc(C(=O)NC2CC2)c(C(F)(F)F)c1. The molecule has 21 heavy (non-hydrogen) atoms. The van der Waals surface area contributed by atoms with Crippen LogP contribution >= 0.6 is 0 Å². The molecule has 0 heterocycles. The first-order chi connectivity index (χ1) is 9.77. The van der Waals surface area contributed by atoms with Gasteiger partial charge in [0.15, 0.2) is 0 Å². The number of carbonyl (C=O) groups is 2. The molecule has 0 saturated heterocycles. The van der Waals surface area contributed by atoms with Crippen LogP contribution in [0.2, 0.25) is 0 Å². The van der Waals surface area contributed by atoms with Crippen LogP contribution in [0.3, 0.4) is 0 Å². The molecule has 1 fully saturated rings. The maximum Gasteiger partial charge on any atom is 0.417 e. The molecule has 0 aromatic heterocycles.